The Hall–Kier alpha value is -1.70. The summed E-state index contributed by atoms with van der Waals surface area (Å²) in [6, 6.07) is 3.77. The molecule has 0 aliphatic carbocycles. The normalized spacial score (nSPS) is 11.0. The predicted molar refractivity (Wildman–Crippen MR) is 106 cm³/mol. The smallest absolute Gasteiger partial charge is 0.357 e. The fourth-order valence-corrected chi connectivity index (χ4v) is 4.02. The summed E-state index contributed by atoms with van der Waals surface area (Å²) in [5, 5.41) is 11.0. The van der Waals surface area contributed by atoms with Crippen LogP contribution in [0.5, 0.6) is 5.75 Å². The van der Waals surface area contributed by atoms with Crippen molar-refractivity contribution in [3.63, 3.8) is 0 Å². The molecule has 1 aromatic carbocycles. The van der Waals surface area contributed by atoms with Crippen molar-refractivity contribution in [3.05, 3.63) is 61.5 Å². The Morgan fingerprint density at radius 1 is 1.25 bits per heavy atom. The Morgan fingerprint density at radius 2 is 1.96 bits per heavy atom. The molecule has 0 amide bonds. The van der Waals surface area contributed by atoms with E-state index in [4.69, 9.17) is 4.74 Å². The van der Waals surface area contributed by atoms with Crippen molar-refractivity contribution in [2.75, 3.05) is 6.61 Å². The summed E-state index contributed by atoms with van der Waals surface area (Å²) in [5.41, 5.74) is -2.07. The van der Waals surface area contributed by atoms with Gasteiger partial charge in [-0.3, -0.25) is 19.9 Å². The lowest BCUT2D eigenvalue weighted by molar-refractivity contribution is -0.386. The molecule has 0 unspecified atom stereocenters. The van der Waals surface area contributed by atoms with Crippen molar-refractivity contribution < 1.29 is 9.66 Å². The third kappa shape index (κ3) is 4.23. The topological polar surface area (TPSA) is 118 Å². The van der Waals surface area contributed by atoms with Crippen LogP contribution in [0.3, 0.4) is 0 Å². The van der Waals surface area contributed by atoms with Gasteiger partial charge in [0.15, 0.2) is 0 Å². The maximum atomic E-state index is 11.6. The summed E-state index contributed by atoms with van der Waals surface area (Å²) in [6.45, 7) is 2.31. The molecule has 0 spiro atoms. The molecular formula is C14H11I2N3O5. The molecule has 0 saturated carbocycles. The molecule has 2 N–H and O–H groups in total. The van der Waals surface area contributed by atoms with Gasteiger partial charge in [-0.2, -0.15) is 0 Å². The number of rotatable bonds is 5. The number of hydrogen-bond donors (Lipinski definition) is 2. The molecule has 2 aromatic rings. The molecule has 0 atom stereocenters. The summed E-state index contributed by atoms with van der Waals surface area (Å²) in [5.74, 6) is 0.629. The first kappa shape index (κ1) is 18.6. The van der Waals surface area contributed by atoms with Gasteiger partial charge in [0.05, 0.1) is 15.1 Å². The molecular weight excluding hydrogens is 544 g/mol. The highest BCUT2D eigenvalue weighted by molar-refractivity contribution is 14.1. The first-order chi connectivity index (χ1) is 11.3. The average molecular weight is 555 g/mol. The molecule has 8 nitrogen and oxygen atoms in total. The third-order valence-electron chi connectivity index (χ3n) is 2.88. The van der Waals surface area contributed by atoms with E-state index in [0.717, 1.165) is 7.14 Å². The Kier molecular flexibility index (Phi) is 6.15. The number of nitro groups is 1. The second-order valence-electron chi connectivity index (χ2n) is 4.50. The van der Waals surface area contributed by atoms with E-state index in [9.17, 15) is 19.7 Å². The Morgan fingerprint density at radius 3 is 2.58 bits per heavy atom. The highest BCUT2D eigenvalue weighted by Crippen LogP contribution is 2.30. The van der Waals surface area contributed by atoms with Crippen LogP contribution in [-0.2, 0) is 0 Å². The zero-order chi connectivity index (χ0) is 17.9. The van der Waals surface area contributed by atoms with Gasteiger partial charge in [0.1, 0.15) is 11.4 Å². The lowest BCUT2D eigenvalue weighted by atomic mass is 10.1. The van der Waals surface area contributed by atoms with Gasteiger partial charge >= 0.3 is 16.9 Å². The van der Waals surface area contributed by atoms with Crippen LogP contribution < -0.4 is 16.0 Å². The summed E-state index contributed by atoms with van der Waals surface area (Å²) in [7, 11) is 0. The molecule has 0 saturated heterocycles. The number of H-pyrrole nitrogens is 2. The molecule has 126 valence electrons. The summed E-state index contributed by atoms with van der Waals surface area (Å²) in [4.78, 5) is 37.3. The SMILES string of the molecule is CCOc1c(I)cc(I)cc1/C=C\c1[nH]c(=O)[nH]c(=O)c1[N+](=O)[O-]. The number of benzene rings is 1. The molecule has 0 fully saturated rings. The number of aromatic amines is 2. The summed E-state index contributed by atoms with van der Waals surface area (Å²) >= 11 is 4.28. The van der Waals surface area contributed by atoms with Crippen LogP contribution in [0, 0.1) is 17.3 Å². The zero-order valence-corrected chi connectivity index (χ0v) is 16.6. The van der Waals surface area contributed by atoms with Gasteiger partial charge in [0.25, 0.3) is 0 Å². The Balaban J connectivity index is 2.59. The number of ether oxygens (including phenoxy) is 1. The van der Waals surface area contributed by atoms with Crippen molar-refractivity contribution in [1.29, 1.82) is 0 Å². The van der Waals surface area contributed by atoms with Gasteiger partial charge in [-0.1, -0.05) is 0 Å². The second kappa shape index (κ2) is 7.92. The highest BCUT2D eigenvalue weighted by atomic mass is 127. The molecule has 24 heavy (non-hydrogen) atoms. The minimum absolute atomic E-state index is 0.176. The highest BCUT2D eigenvalue weighted by Gasteiger charge is 2.19. The first-order valence-corrected chi connectivity index (χ1v) is 8.80. The Labute approximate surface area is 162 Å². The third-order valence-corrected chi connectivity index (χ3v) is 4.31. The van der Waals surface area contributed by atoms with E-state index in [1.165, 1.54) is 6.08 Å². The maximum Gasteiger partial charge on any atom is 0.357 e. The van der Waals surface area contributed by atoms with E-state index >= 15 is 0 Å². The van der Waals surface area contributed by atoms with E-state index < -0.39 is 21.9 Å². The zero-order valence-electron chi connectivity index (χ0n) is 12.3. The molecule has 2 rings (SSSR count). The van der Waals surface area contributed by atoms with Crippen LogP contribution in [0.4, 0.5) is 5.69 Å². The maximum absolute atomic E-state index is 11.6. The van der Waals surface area contributed by atoms with Crippen LogP contribution in [-0.4, -0.2) is 21.5 Å². The van der Waals surface area contributed by atoms with Gasteiger partial charge in [-0.25, -0.2) is 4.79 Å². The van der Waals surface area contributed by atoms with Gasteiger partial charge in [0, 0.05) is 9.13 Å². The fourth-order valence-electron chi connectivity index (χ4n) is 1.97. The van der Waals surface area contributed by atoms with Crippen LogP contribution in [0.1, 0.15) is 18.2 Å². The van der Waals surface area contributed by atoms with E-state index in [1.807, 2.05) is 24.0 Å². The fraction of sp³-hybridized carbons (Fsp3) is 0.143. The van der Waals surface area contributed by atoms with Crippen LogP contribution >= 0.6 is 45.2 Å². The lowest BCUT2D eigenvalue weighted by Gasteiger charge is -2.10. The number of nitrogens with one attached hydrogen (secondary N) is 2. The van der Waals surface area contributed by atoms with Crippen molar-refractivity contribution in [3.8, 4) is 5.75 Å². The van der Waals surface area contributed by atoms with E-state index in [-0.39, 0.29) is 5.69 Å². The predicted octanol–water partition coefficient (Wildman–Crippen LogP) is 2.75. The second-order valence-corrected chi connectivity index (χ2v) is 6.91. The molecule has 0 radical (unpaired) electrons. The van der Waals surface area contributed by atoms with Crippen molar-refractivity contribution in [2.24, 2.45) is 0 Å². The van der Waals surface area contributed by atoms with Gasteiger partial charge in [-0.05, 0) is 76.4 Å². The number of nitrogens with zero attached hydrogens (tertiary/aromatic N) is 1. The van der Waals surface area contributed by atoms with Crippen LogP contribution in [0.15, 0.2) is 21.7 Å². The standard InChI is InChI=1S/C14H11I2N3O5/c1-2-24-12-7(5-8(15)6-9(12)16)3-4-10-11(19(22)23)13(20)18-14(21)17-10/h3-6H,2H2,1H3,(H2,17,18,20,21)/b4-3-. The van der Waals surface area contributed by atoms with Crippen molar-refractivity contribution >= 4 is 63.0 Å². The van der Waals surface area contributed by atoms with Gasteiger partial charge in [0.2, 0.25) is 0 Å². The van der Waals surface area contributed by atoms with E-state index in [2.05, 4.69) is 50.2 Å². The minimum Gasteiger partial charge on any atom is -0.492 e. The summed E-state index contributed by atoms with van der Waals surface area (Å²) < 4.78 is 7.44. The monoisotopic (exact) mass is 555 g/mol. The number of hydrogen-bond acceptors (Lipinski definition) is 5. The average Bonchev–Trinajstić information content (AvgIpc) is 2.47. The largest absolute Gasteiger partial charge is 0.492 e. The van der Waals surface area contributed by atoms with Crippen molar-refractivity contribution in [2.45, 2.75) is 6.92 Å². The molecule has 10 heteroatoms. The van der Waals surface area contributed by atoms with E-state index in [1.54, 1.807) is 6.08 Å². The molecule has 1 aromatic heterocycles. The minimum atomic E-state index is -1.05. The first-order valence-electron chi connectivity index (χ1n) is 6.64. The van der Waals surface area contributed by atoms with Gasteiger partial charge in [-0.15, -0.1) is 0 Å². The quantitative estimate of drug-likeness (QED) is 0.335. The summed E-state index contributed by atoms with van der Waals surface area (Å²) in [6.07, 6.45) is 2.88. The number of aromatic nitrogens is 2. The molecule has 1 heterocycles. The van der Waals surface area contributed by atoms with Crippen LogP contribution in [0.2, 0.25) is 0 Å². The Bertz CT molecular complexity index is 933. The molecule has 0 aliphatic heterocycles. The van der Waals surface area contributed by atoms with E-state index in [0.29, 0.717) is 17.9 Å². The molecule has 0 bridgehead atoms. The molecule has 0 aliphatic rings. The van der Waals surface area contributed by atoms with Crippen LogP contribution in [0.25, 0.3) is 12.2 Å². The lowest BCUT2D eigenvalue weighted by Crippen LogP contribution is -2.25. The van der Waals surface area contributed by atoms with Gasteiger partial charge < -0.3 is 9.72 Å². The number of halogens is 2. The van der Waals surface area contributed by atoms with Crippen molar-refractivity contribution in [1.82, 2.24) is 9.97 Å².